The summed E-state index contributed by atoms with van der Waals surface area (Å²) in [5, 5.41) is 0.989. The van der Waals surface area contributed by atoms with Gasteiger partial charge >= 0.3 is 0 Å². The number of hydrogen-bond acceptors (Lipinski definition) is 6. The number of ether oxygens (including phenoxy) is 2. The third-order valence-corrected chi connectivity index (χ3v) is 6.50. The number of thiophene rings is 1. The summed E-state index contributed by atoms with van der Waals surface area (Å²) in [6, 6.07) is 5.74. The van der Waals surface area contributed by atoms with Gasteiger partial charge in [0, 0.05) is 23.9 Å². The van der Waals surface area contributed by atoms with E-state index in [0.717, 1.165) is 37.7 Å². The van der Waals surface area contributed by atoms with Crippen LogP contribution in [-0.2, 0) is 12.0 Å². The van der Waals surface area contributed by atoms with E-state index >= 15 is 0 Å². The molecule has 7 heteroatoms. The van der Waals surface area contributed by atoms with E-state index < -0.39 is 0 Å². The van der Waals surface area contributed by atoms with Crippen LogP contribution in [0.3, 0.4) is 0 Å². The number of rotatable bonds is 6. The fraction of sp³-hybridized carbons (Fsp3) is 0.458. The number of fused-ring (bicyclic) bond motifs is 1. The van der Waals surface area contributed by atoms with Crippen LogP contribution in [0.5, 0.6) is 11.5 Å². The van der Waals surface area contributed by atoms with Crippen molar-refractivity contribution in [1.82, 2.24) is 14.9 Å². The lowest BCUT2D eigenvalue weighted by Gasteiger charge is -2.21. The second-order valence-electron chi connectivity index (χ2n) is 8.63. The summed E-state index contributed by atoms with van der Waals surface area (Å²) >= 11 is 1.46. The van der Waals surface area contributed by atoms with E-state index in [1.165, 1.54) is 11.3 Å². The molecule has 0 N–H and O–H groups in total. The lowest BCUT2D eigenvalue weighted by Crippen LogP contribution is -2.30. The lowest BCUT2D eigenvalue weighted by atomic mass is 9.95. The summed E-state index contributed by atoms with van der Waals surface area (Å²) < 4.78 is 10.7. The van der Waals surface area contributed by atoms with Crippen LogP contribution in [0.4, 0.5) is 0 Å². The van der Waals surface area contributed by atoms with Crippen LogP contribution in [0.15, 0.2) is 18.2 Å². The Balaban J connectivity index is 1.97. The van der Waals surface area contributed by atoms with Gasteiger partial charge in [-0.3, -0.25) is 4.79 Å². The maximum Gasteiger partial charge on any atom is 0.264 e. The van der Waals surface area contributed by atoms with E-state index in [9.17, 15) is 4.79 Å². The first kappa shape index (κ1) is 23.0. The van der Waals surface area contributed by atoms with E-state index in [1.807, 2.05) is 43.9 Å². The first-order chi connectivity index (χ1) is 14.6. The van der Waals surface area contributed by atoms with Gasteiger partial charge in [-0.15, -0.1) is 11.3 Å². The van der Waals surface area contributed by atoms with Gasteiger partial charge in [0.05, 0.1) is 24.8 Å². The topological polar surface area (TPSA) is 64.6 Å². The van der Waals surface area contributed by atoms with Gasteiger partial charge < -0.3 is 14.4 Å². The lowest BCUT2D eigenvalue weighted by molar-refractivity contribution is 0.0757. The van der Waals surface area contributed by atoms with Crippen LogP contribution in [0, 0.1) is 13.8 Å². The predicted octanol–water partition coefficient (Wildman–Crippen LogP) is 5.29. The first-order valence-corrected chi connectivity index (χ1v) is 11.2. The van der Waals surface area contributed by atoms with Gasteiger partial charge in [0.2, 0.25) is 0 Å². The van der Waals surface area contributed by atoms with Crippen molar-refractivity contribution in [3.05, 3.63) is 45.7 Å². The summed E-state index contributed by atoms with van der Waals surface area (Å²) in [6.45, 7) is 13.4. The molecule has 0 aliphatic heterocycles. The standard InChI is InChI=1S/C24H31N3O3S/c1-9-27(13-16-10-11-17(29-7)18(12-16)30-8)22(28)20-14(2)19-15(3)25-23(24(4,5)6)26-21(19)31-20/h10-12H,9,13H2,1-8H3. The summed E-state index contributed by atoms with van der Waals surface area (Å²) in [7, 11) is 3.22. The van der Waals surface area contributed by atoms with Crippen molar-refractivity contribution in [2.24, 2.45) is 0 Å². The molecule has 0 unspecified atom stereocenters. The summed E-state index contributed by atoms with van der Waals surface area (Å²) in [5.74, 6) is 2.14. The minimum absolute atomic E-state index is 0.00879. The van der Waals surface area contributed by atoms with Crippen molar-refractivity contribution in [3.63, 3.8) is 0 Å². The number of carbonyl (C=O) groups excluding carboxylic acids is 1. The van der Waals surface area contributed by atoms with Crippen LogP contribution in [0.25, 0.3) is 10.2 Å². The number of methoxy groups -OCH3 is 2. The van der Waals surface area contributed by atoms with Gasteiger partial charge in [-0.2, -0.15) is 0 Å². The molecule has 0 atom stereocenters. The zero-order valence-corrected chi connectivity index (χ0v) is 20.4. The summed E-state index contributed by atoms with van der Waals surface area (Å²) in [4.78, 5) is 26.4. The Bertz CT molecular complexity index is 1120. The fourth-order valence-electron chi connectivity index (χ4n) is 3.55. The molecular formula is C24H31N3O3S. The average molecular weight is 442 g/mol. The van der Waals surface area contributed by atoms with Crippen molar-refractivity contribution in [3.8, 4) is 11.5 Å². The van der Waals surface area contributed by atoms with Crippen molar-refractivity contribution in [1.29, 1.82) is 0 Å². The second kappa shape index (κ2) is 8.83. The van der Waals surface area contributed by atoms with Crippen LogP contribution < -0.4 is 9.47 Å². The number of hydrogen-bond donors (Lipinski definition) is 0. The van der Waals surface area contributed by atoms with E-state index in [4.69, 9.17) is 19.4 Å². The van der Waals surface area contributed by atoms with Crippen LogP contribution in [-0.4, -0.2) is 41.5 Å². The molecule has 166 valence electrons. The molecule has 0 radical (unpaired) electrons. The third kappa shape index (κ3) is 4.51. The van der Waals surface area contributed by atoms with E-state index in [-0.39, 0.29) is 11.3 Å². The molecule has 0 bridgehead atoms. The molecule has 0 aliphatic carbocycles. The van der Waals surface area contributed by atoms with E-state index in [0.29, 0.717) is 24.6 Å². The largest absolute Gasteiger partial charge is 0.493 e. The number of benzene rings is 1. The normalized spacial score (nSPS) is 11.6. The first-order valence-electron chi connectivity index (χ1n) is 10.4. The highest BCUT2D eigenvalue weighted by Gasteiger charge is 2.25. The van der Waals surface area contributed by atoms with Crippen LogP contribution >= 0.6 is 11.3 Å². The van der Waals surface area contributed by atoms with Gasteiger partial charge in [0.1, 0.15) is 10.7 Å². The quantitative estimate of drug-likeness (QED) is 0.520. The predicted molar refractivity (Wildman–Crippen MR) is 126 cm³/mol. The Kier molecular flexibility index (Phi) is 6.55. The monoisotopic (exact) mass is 441 g/mol. The SMILES string of the molecule is CCN(Cc1ccc(OC)c(OC)c1)C(=O)c1sc2nc(C(C)(C)C)nc(C)c2c1C. The third-order valence-electron chi connectivity index (χ3n) is 5.33. The maximum absolute atomic E-state index is 13.5. The number of amides is 1. The number of nitrogens with zero attached hydrogens (tertiary/aromatic N) is 3. The Morgan fingerprint density at radius 3 is 2.35 bits per heavy atom. The van der Waals surface area contributed by atoms with E-state index in [1.54, 1.807) is 14.2 Å². The van der Waals surface area contributed by atoms with Crippen LogP contribution in [0.1, 0.15) is 60.0 Å². The zero-order valence-electron chi connectivity index (χ0n) is 19.6. The molecule has 1 amide bonds. The van der Waals surface area contributed by atoms with Crippen molar-refractivity contribution < 1.29 is 14.3 Å². The molecule has 0 fully saturated rings. The van der Waals surface area contributed by atoms with Crippen molar-refractivity contribution in [2.75, 3.05) is 20.8 Å². The molecule has 2 heterocycles. The Morgan fingerprint density at radius 2 is 1.77 bits per heavy atom. The molecule has 3 rings (SSSR count). The number of carbonyl (C=O) groups is 1. The van der Waals surface area contributed by atoms with Gasteiger partial charge in [-0.1, -0.05) is 26.8 Å². The van der Waals surface area contributed by atoms with Gasteiger partial charge in [-0.05, 0) is 44.0 Å². The summed E-state index contributed by atoms with van der Waals surface area (Å²) in [5.41, 5.74) is 2.71. The Labute approximate surface area is 188 Å². The highest BCUT2D eigenvalue weighted by molar-refractivity contribution is 7.20. The molecule has 0 spiro atoms. The number of aryl methyl sites for hydroxylation is 2. The molecule has 1 aromatic carbocycles. The molecule has 0 aliphatic rings. The Morgan fingerprint density at radius 1 is 1.10 bits per heavy atom. The molecule has 3 aromatic rings. The molecule has 2 aromatic heterocycles. The van der Waals surface area contributed by atoms with Crippen molar-refractivity contribution >= 4 is 27.5 Å². The van der Waals surface area contributed by atoms with Gasteiger partial charge in [-0.25, -0.2) is 9.97 Å². The number of aromatic nitrogens is 2. The molecule has 31 heavy (non-hydrogen) atoms. The van der Waals surface area contributed by atoms with Gasteiger partial charge in [0.15, 0.2) is 11.5 Å². The van der Waals surface area contributed by atoms with Gasteiger partial charge in [0.25, 0.3) is 5.91 Å². The Hall–Kier alpha value is -2.67. The van der Waals surface area contributed by atoms with Crippen LogP contribution in [0.2, 0.25) is 0 Å². The van der Waals surface area contributed by atoms with Crippen molar-refractivity contribution in [2.45, 2.75) is 53.5 Å². The molecule has 0 saturated heterocycles. The second-order valence-corrected chi connectivity index (χ2v) is 9.63. The summed E-state index contributed by atoms with van der Waals surface area (Å²) in [6.07, 6.45) is 0. The fourth-order valence-corrected chi connectivity index (χ4v) is 4.75. The molecule has 6 nitrogen and oxygen atoms in total. The minimum Gasteiger partial charge on any atom is -0.493 e. The molecule has 0 saturated carbocycles. The average Bonchev–Trinajstić information content (AvgIpc) is 3.07. The minimum atomic E-state index is -0.149. The maximum atomic E-state index is 13.5. The van der Waals surface area contributed by atoms with E-state index in [2.05, 4.69) is 20.8 Å². The zero-order chi connectivity index (χ0) is 22.9. The molecular weight excluding hydrogens is 410 g/mol. The highest BCUT2D eigenvalue weighted by Crippen LogP contribution is 2.34. The smallest absolute Gasteiger partial charge is 0.264 e. The highest BCUT2D eigenvalue weighted by atomic mass is 32.1.